The van der Waals surface area contributed by atoms with Gasteiger partial charge in [-0.2, -0.15) is 0 Å². The molecule has 2 aliphatic heterocycles. The van der Waals surface area contributed by atoms with Gasteiger partial charge >= 0.3 is 0 Å². The number of benzene rings is 1. The monoisotopic (exact) mass is 232 g/mol. The highest BCUT2D eigenvalue weighted by molar-refractivity contribution is 5.29. The smallest absolute Gasteiger partial charge is 0.0820 e. The van der Waals surface area contributed by atoms with E-state index in [4.69, 9.17) is 0 Å². The van der Waals surface area contributed by atoms with E-state index in [0.29, 0.717) is 6.04 Å². The van der Waals surface area contributed by atoms with E-state index in [-0.39, 0.29) is 6.10 Å². The van der Waals surface area contributed by atoms with Crippen LogP contribution in [0.3, 0.4) is 0 Å². The van der Waals surface area contributed by atoms with Gasteiger partial charge in [-0.1, -0.05) is 24.3 Å². The molecule has 2 heterocycles. The van der Waals surface area contributed by atoms with Crippen LogP contribution < -0.4 is 5.32 Å². The Hall–Kier alpha value is -0.900. The van der Waals surface area contributed by atoms with Crippen molar-refractivity contribution in [2.45, 2.75) is 31.5 Å². The van der Waals surface area contributed by atoms with Gasteiger partial charge in [-0.25, -0.2) is 0 Å². The Morgan fingerprint density at radius 1 is 1.24 bits per heavy atom. The van der Waals surface area contributed by atoms with Crippen molar-refractivity contribution in [3.05, 3.63) is 35.4 Å². The fourth-order valence-corrected chi connectivity index (χ4v) is 3.05. The minimum Gasteiger partial charge on any atom is -0.390 e. The van der Waals surface area contributed by atoms with Crippen molar-refractivity contribution in [2.24, 2.45) is 0 Å². The van der Waals surface area contributed by atoms with E-state index < -0.39 is 0 Å². The normalized spacial score (nSPS) is 29.9. The summed E-state index contributed by atoms with van der Waals surface area (Å²) in [6, 6.07) is 9.01. The molecule has 3 heteroatoms. The third-order valence-corrected chi connectivity index (χ3v) is 4.04. The number of aliphatic hydroxyl groups excluding tert-OH is 1. The first-order chi connectivity index (χ1) is 8.34. The second kappa shape index (κ2) is 4.77. The number of β-amino-alcohol motifs (C(OH)–C–C–N with tert-alkyl or cyclic N) is 1. The van der Waals surface area contributed by atoms with Crippen LogP contribution in [-0.2, 0) is 13.0 Å². The van der Waals surface area contributed by atoms with Crippen LogP contribution in [0.1, 0.15) is 17.5 Å². The Morgan fingerprint density at radius 3 is 2.88 bits per heavy atom. The molecule has 1 aromatic rings. The van der Waals surface area contributed by atoms with Crippen LogP contribution >= 0.6 is 0 Å². The highest BCUT2D eigenvalue weighted by Crippen LogP contribution is 2.23. The van der Waals surface area contributed by atoms with Gasteiger partial charge in [0.1, 0.15) is 0 Å². The third kappa shape index (κ3) is 2.23. The first kappa shape index (κ1) is 11.2. The molecule has 0 amide bonds. The number of nitrogens with zero attached hydrogens (tertiary/aromatic N) is 1. The number of rotatable bonds is 1. The van der Waals surface area contributed by atoms with Gasteiger partial charge in [0.2, 0.25) is 0 Å². The van der Waals surface area contributed by atoms with Crippen LogP contribution in [-0.4, -0.2) is 41.8 Å². The van der Waals surface area contributed by atoms with Gasteiger partial charge in [0.05, 0.1) is 6.10 Å². The van der Waals surface area contributed by atoms with Crippen LogP contribution in [0.25, 0.3) is 0 Å². The van der Waals surface area contributed by atoms with E-state index in [0.717, 1.165) is 39.0 Å². The molecule has 0 radical (unpaired) electrons. The van der Waals surface area contributed by atoms with Crippen LogP contribution in [0.15, 0.2) is 24.3 Å². The van der Waals surface area contributed by atoms with Crippen LogP contribution in [0.2, 0.25) is 0 Å². The second-order valence-corrected chi connectivity index (χ2v) is 5.12. The van der Waals surface area contributed by atoms with Gasteiger partial charge in [0, 0.05) is 25.7 Å². The molecule has 0 aromatic heterocycles. The lowest BCUT2D eigenvalue weighted by atomic mass is 9.95. The van der Waals surface area contributed by atoms with Gasteiger partial charge in [0.25, 0.3) is 0 Å². The summed E-state index contributed by atoms with van der Waals surface area (Å²) < 4.78 is 0. The zero-order valence-corrected chi connectivity index (χ0v) is 10.1. The maximum Gasteiger partial charge on any atom is 0.0820 e. The molecule has 92 valence electrons. The molecule has 0 spiro atoms. The number of hydrogen-bond donors (Lipinski definition) is 2. The Kier molecular flexibility index (Phi) is 3.14. The van der Waals surface area contributed by atoms with E-state index in [1.165, 1.54) is 11.1 Å². The molecular weight excluding hydrogens is 212 g/mol. The maximum absolute atomic E-state index is 10.1. The first-order valence-corrected chi connectivity index (χ1v) is 6.54. The van der Waals surface area contributed by atoms with E-state index in [9.17, 15) is 5.11 Å². The number of aliphatic hydroxyl groups is 1. The molecule has 2 atom stereocenters. The van der Waals surface area contributed by atoms with Crippen molar-refractivity contribution < 1.29 is 5.11 Å². The average Bonchev–Trinajstić information content (AvgIpc) is 2.39. The standard InChI is InChI=1S/C14H20N2O/c17-14-9-15-7-5-13(14)16-8-6-11-3-1-2-4-12(11)10-16/h1-4,13-15,17H,5-10H2/t13?,14-/m1/s1. The van der Waals surface area contributed by atoms with Crippen LogP contribution in [0.4, 0.5) is 0 Å². The Morgan fingerprint density at radius 2 is 2.06 bits per heavy atom. The van der Waals surface area contributed by atoms with Crippen LogP contribution in [0, 0.1) is 0 Å². The fraction of sp³-hybridized carbons (Fsp3) is 0.571. The minimum absolute atomic E-state index is 0.214. The summed E-state index contributed by atoms with van der Waals surface area (Å²) in [5, 5.41) is 13.3. The number of hydrogen-bond acceptors (Lipinski definition) is 3. The highest BCUT2D eigenvalue weighted by Gasteiger charge is 2.30. The predicted octanol–water partition coefficient (Wildman–Crippen LogP) is 0.767. The summed E-state index contributed by atoms with van der Waals surface area (Å²) in [5.41, 5.74) is 2.91. The zero-order chi connectivity index (χ0) is 11.7. The van der Waals surface area contributed by atoms with Crippen LogP contribution in [0.5, 0.6) is 0 Å². The molecule has 3 nitrogen and oxygen atoms in total. The SMILES string of the molecule is O[C@@H]1CNCCC1N1CCc2ccccc2C1. The number of nitrogens with one attached hydrogen (secondary N) is 1. The Bertz CT molecular complexity index is 394. The summed E-state index contributed by atoms with van der Waals surface area (Å²) in [7, 11) is 0. The fourth-order valence-electron chi connectivity index (χ4n) is 3.05. The summed E-state index contributed by atoms with van der Waals surface area (Å²) in [5.74, 6) is 0. The van der Waals surface area contributed by atoms with E-state index >= 15 is 0 Å². The third-order valence-electron chi connectivity index (χ3n) is 4.04. The van der Waals surface area contributed by atoms with Crippen molar-refractivity contribution in [2.75, 3.05) is 19.6 Å². The van der Waals surface area contributed by atoms with E-state index in [1.807, 2.05) is 0 Å². The molecule has 0 saturated carbocycles. The van der Waals surface area contributed by atoms with Crippen molar-refractivity contribution in [3.63, 3.8) is 0 Å². The van der Waals surface area contributed by atoms with Gasteiger partial charge < -0.3 is 10.4 Å². The lowest BCUT2D eigenvalue weighted by Crippen LogP contribution is -2.53. The topological polar surface area (TPSA) is 35.5 Å². The molecule has 1 unspecified atom stereocenters. The zero-order valence-electron chi connectivity index (χ0n) is 10.1. The summed E-state index contributed by atoms with van der Waals surface area (Å²) in [6.45, 7) is 3.85. The molecule has 2 aliphatic rings. The van der Waals surface area contributed by atoms with E-state index in [1.54, 1.807) is 0 Å². The molecule has 1 aromatic carbocycles. The molecule has 17 heavy (non-hydrogen) atoms. The summed E-state index contributed by atoms with van der Waals surface area (Å²) in [6.07, 6.45) is 1.96. The first-order valence-electron chi connectivity index (χ1n) is 6.54. The number of fused-ring (bicyclic) bond motifs is 1. The Labute approximate surface area is 102 Å². The van der Waals surface area contributed by atoms with Crippen molar-refractivity contribution >= 4 is 0 Å². The molecule has 1 saturated heterocycles. The Balaban J connectivity index is 1.75. The molecule has 2 N–H and O–H groups in total. The maximum atomic E-state index is 10.1. The number of piperidine rings is 1. The van der Waals surface area contributed by atoms with Crippen molar-refractivity contribution in [3.8, 4) is 0 Å². The van der Waals surface area contributed by atoms with E-state index in [2.05, 4.69) is 34.5 Å². The average molecular weight is 232 g/mol. The molecular formula is C14H20N2O. The second-order valence-electron chi connectivity index (χ2n) is 5.12. The lowest BCUT2D eigenvalue weighted by molar-refractivity contribution is 0.0220. The molecule has 0 bridgehead atoms. The van der Waals surface area contributed by atoms with Crippen molar-refractivity contribution in [1.82, 2.24) is 10.2 Å². The summed E-state index contributed by atoms with van der Waals surface area (Å²) >= 11 is 0. The largest absolute Gasteiger partial charge is 0.390 e. The predicted molar refractivity (Wildman–Crippen MR) is 67.8 cm³/mol. The van der Waals surface area contributed by atoms with Gasteiger partial charge in [-0.05, 0) is 30.5 Å². The molecule has 1 fully saturated rings. The van der Waals surface area contributed by atoms with Gasteiger partial charge in [0.15, 0.2) is 0 Å². The lowest BCUT2D eigenvalue weighted by Gasteiger charge is -2.40. The van der Waals surface area contributed by atoms with Gasteiger partial charge in [-0.15, -0.1) is 0 Å². The molecule has 0 aliphatic carbocycles. The van der Waals surface area contributed by atoms with Gasteiger partial charge in [-0.3, -0.25) is 4.90 Å². The van der Waals surface area contributed by atoms with Crippen molar-refractivity contribution in [1.29, 1.82) is 0 Å². The minimum atomic E-state index is -0.214. The molecule has 3 rings (SSSR count). The highest BCUT2D eigenvalue weighted by atomic mass is 16.3. The quantitative estimate of drug-likeness (QED) is 0.750. The summed E-state index contributed by atoms with van der Waals surface area (Å²) in [4.78, 5) is 2.45.